The summed E-state index contributed by atoms with van der Waals surface area (Å²) in [7, 11) is 0. The van der Waals surface area contributed by atoms with Crippen molar-refractivity contribution in [2.75, 3.05) is 33.0 Å². The smallest absolute Gasteiger partial charge is 0.343 e. The minimum Gasteiger partial charge on any atom is -0.464 e. The molecule has 0 bridgehead atoms. The highest BCUT2D eigenvalue weighted by molar-refractivity contribution is 5.82. The zero-order chi connectivity index (χ0) is 21.4. The third-order valence-corrected chi connectivity index (χ3v) is 4.72. The first-order valence-corrected chi connectivity index (χ1v) is 10.4. The molecule has 1 fully saturated rings. The van der Waals surface area contributed by atoms with E-state index in [9.17, 15) is 4.79 Å². The Morgan fingerprint density at radius 1 is 0.828 bits per heavy atom. The number of hydrogen-bond donors (Lipinski definition) is 0. The van der Waals surface area contributed by atoms with E-state index >= 15 is 0 Å². The highest BCUT2D eigenvalue weighted by atomic mass is 16.9. The first-order valence-electron chi connectivity index (χ1n) is 10.4. The van der Waals surface area contributed by atoms with Crippen LogP contribution in [-0.2, 0) is 38.8 Å². The summed E-state index contributed by atoms with van der Waals surface area (Å²) in [5, 5.41) is 0. The van der Waals surface area contributed by atoms with Crippen molar-refractivity contribution in [2.45, 2.75) is 64.8 Å². The fourth-order valence-electron chi connectivity index (χ4n) is 3.87. The molecular weight excluding hydrogens is 376 g/mol. The molecular formula is C22H34O7. The van der Waals surface area contributed by atoms with E-state index in [1.165, 1.54) is 0 Å². The largest absolute Gasteiger partial charge is 0.464 e. The Bertz CT molecular complexity index is 595. The lowest BCUT2D eigenvalue weighted by molar-refractivity contribution is -0.467. The van der Waals surface area contributed by atoms with E-state index in [1.54, 1.807) is 6.92 Å². The molecule has 0 spiro atoms. The summed E-state index contributed by atoms with van der Waals surface area (Å²) in [4.78, 5) is 13.3. The molecule has 1 atom stereocenters. The predicted octanol–water partition coefficient (Wildman–Crippen LogP) is 3.75. The van der Waals surface area contributed by atoms with Gasteiger partial charge in [-0.2, -0.15) is 0 Å². The molecule has 29 heavy (non-hydrogen) atoms. The summed E-state index contributed by atoms with van der Waals surface area (Å²) in [5.41, 5.74) is -0.879. The van der Waals surface area contributed by atoms with E-state index in [2.05, 4.69) is 0 Å². The van der Waals surface area contributed by atoms with Crippen LogP contribution in [0.4, 0.5) is 0 Å². The van der Waals surface area contributed by atoms with Gasteiger partial charge in [0.05, 0.1) is 13.0 Å². The van der Waals surface area contributed by atoms with Crippen molar-refractivity contribution in [2.24, 2.45) is 0 Å². The van der Waals surface area contributed by atoms with Crippen molar-refractivity contribution >= 4 is 5.97 Å². The average Bonchev–Trinajstić information content (AvgIpc) is 2.69. The van der Waals surface area contributed by atoms with E-state index in [0.717, 1.165) is 0 Å². The minimum atomic E-state index is -1.52. The molecule has 1 saturated heterocycles. The van der Waals surface area contributed by atoms with E-state index in [1.807, 2.05) is 58.0 Å². The maximum atomic E-state index is 13.3. The van der Waals surface area contributed by atoms with Crippen LogP contribution in [0.3, 0.4) is 0 Å². The van der Waals surface area contributed by atoms with E-state index in [4.69, 9.17) is 28.4 Å². The molecule has 7 nitrogen and oxygen atoms in total. The maximum Gasteiger partial charge on any atom is 0.343 e. The Morgan fingerprint density at radius 3 is 1.86 bits per heavy atom. The lowest BCUT2D eigenvalue weighted by Gasteiger charge is -2.52. The molecule has 0 aliphatic carbocycles. The Labute approximate surface area is 173 Å². The second-order valence-electron chi connectivity index (χ2n) is 6.69. The standard InChI is InChI=1S/C22H34O7/c1-6-24-19(23)21(18-14-12-11-13-15-18)16-20(25-7-2,26-8-3)17-22(29-21,27-9-4)28-10-5/h11-15H,6-10,16-17H2,1-5H3/t21-/m1/s1. The third kappa shape index (κ3) is 5.16. The number of rotatable bonds is 11. The zero-order valence-electron chi connectivity index (χ0n) is 18.2. The Morgan fingerprint density at radius 2 is 1.38 bits per heavy atom. The number of ether oxygens (including phenoxy) is 6. The number of esters is 1. The molecule has 2 rings (SSSR count). The van der Waals surface area contributed by atoms with Gasteiger partial charge in [0, 0.05) is 32.8 Å². The van der Waals surface area contributed by atoms with Crippen molar-refractivity contribution in [1.82, 2.24) is 0 Å². The molecule has 0 aromatic heterocycles. The highest BCUT2D eigenvalue weighted by Gasteiger charge is 2.63. The normalized spacial score (nSPS) is 22.9. The number of carbonyl (C=O) groups is 1. The third-order valence-electron chi connectivity index (χ3n) is 4.72. The maximum absolute atomic E-state index is 13.3. The first kappa shape index (κ1) is 23.8. The van der Waals surface area contributed by atoms with Crippen LogP contribution in [0.5, 0.6) is 0 Å². The monoisotopic (exact) mass is 410 g/mol. The van der Waals surface area contributed by atoms with Crippen molar-refractivity contribution < 1.29 is 33.2 Å². The van der Waals surface area contributed by atoms with Gasteiger partial charge in [0.1, 0.15) is 0 Å². The van der Waals surface area contributed by atoms with Gasteiger partial charge < -0.3 is 28.4 Å². The molecule has 0 radical (unpaired) electrons. The van der Waals surface area contributed by atoms with Gasteiger partial charge in [-0.15, -0.1) is 0 Å². The van der Waals surface area contributed by atoms with Crippen LogP contribution in [0.1, 0.15) is 53.0 Å². The number of benzene rings is 1. The first-order chi connectivity index (χ1) is 14.0. The molecule has 0 amide bonds. The lowest BCUT2D eigenvalue weighted by Crippen LogP contribution is -2.63. The van der Waals surface area contributed by atoms with Crippen LogP contribution in [0.25, 0.3) is 0 Å². The van der Waals surface area contributed by atoms with Gasteiger partial charge >= 0.3 is 5.97 Å². The average molecular weight is 411 g/mol. The van der Waals surface area contributed by atoms with Crippen LogP contribution >= 0.6 is 0 Å². The van der Waals surface area contributed by atoms with Crippen LogP contribution < -0.4 is 0 Å². The number of carbonyl (C=O) groups excluding carboxylic acids is 1. The van der Waals surface area contributed by atoms with Gasteiger partial charge in [0.15, 0.2) is 5.79 Å². The molecule has 1 aliphatic rings. The van der Waals surface area contributed by atoms with E-state index in [0.29, 0.717) is 32.0 Å². The minimum absolute atomic E-state index is 0.117. The van der Waals surface area contributed by atoms with Gasteiger partial charge in [-0.25, -0.2) is 4.79 Å². The summed E-state index contributed by atoms with van der Waals surface area (Å²) in [6.07, 6.45) is 0.282. The molecule has 0 saturated carbocycles. The summed E-state index contributed by atoms with van der Waals surface area (Å²) >= 11 is 0. The van der Waals surface area contributed by atoms with Crippen molar-refractivity contribution in [3.63, 3.8) is 0 Å². The molecule has 1 aliphatic heterocycles. The SMILES string of the molecule is CCOC(=O)[C@]1(c2ccccc2)CC(OCC)(OCC)CC(OCC)(OCC)O1. The summed E-state index contributed by atoms with van der Waals surface area (Å²) in [6, 6.07) is 9.23. The quantitative estimate of drug-likeness (QED) is 0.406. The Hall–Kier alpha value is -1.51. The fraction of sp³-hybridized carbons (Fsp3) is 0.682. The molecule has 164 valence electrons. The number of hydrogen-bond acceptors (Lipinski definition) is 7. The predicted molar refractivity (Wildman–Crippen MR) is 107 cm³/mol. The second-order valence-corrected chi connectivity index (χ2v) is 6.69. The van der Waals surface area contributed by atoms with Crippen molar-refractivity contribution in [3.8, 4) is 0 Å². The molecule has 0 N–H and O–H groups in total. The zero-order valence-corrected chi connectivity index (χ0v) is 18.2. The molecule has 1 aromatic rings. The summed E-state index contributed by atoms with van der Waals surface area (Å²) in [6.45, 7) is 10.8. The molecule has 1 aromatic carbocycles. The van der Waals surface area contributed by atoms with Gasteiger partial charge in [-0.3, -0.25) is 0 Å². The van der Waals surface area contributed by atoms with Gasteiger partial charge in [-0.05, 0) is 40.2 Å². The van der Waals surface area contributed by atoms with E-state index in [-0.39, 0.29) is 19.4 Å². The second kappa shape index (κ2) is 10.5. The van der Waals surface area contributed by atoms with Crippen LogP contribution in [-0.4, -0.2) is 50.8 Å². The molecule has 1 heterocycles. The van der Waals surface area contributed by atoms with Crippen molar-refractivity contribution in [1.29, 1.82) is 0 Å². The Balaban J connectivity index is 2.69. The van der Waals surface area contributed by atoms with Crippen molar-refractivity contribution in [3.05, 3.63) is 35.9 Å². The van der Waals surface area contributed by atoms with Gasteiger partial charge in [0.25, 0.3) is 5.97 Å². The van der Waals surface area contributed by atoms with Crippen LogP contribution in [0.2, 0.25) is 0 Å². The molecule has 0 unspecified atom stereocenters. The highest BCUT2D eigenvalue weighted by Crippen LogP contribution is 2.50. The summed E-state index contributed by atoms with van der Waals surface area (Å²) < 4.78 is 36.0. The topological polar surface area (TPSA) is 72.5 Å². The van der Waals surface area contributed by atoms with Gasteiger partial charge in [-0.1, -0.05) is 30.3 Å². The summed E-state index contributed by atoms with van der Waals surface area (Å²) in [5.74, 6) is -3.19. The van der Waals surface area contributed by atoms with Gasteiger partial charge in [0.2, 0.25) is 5.60 Å². The van der Waals surface area contributed by atoms with Crippen LogP contribution in [0, 0.1) is 0 Å². The fourth-order valence-corrected chi connectivity index (χ4v) is 3.87. The molecule has 7 heteroatoms. The lowest BCUT2D eigenvalue weighted by atomic mass is 9.82. The van der Waals surface area contributed by atoms with Crippen LogP contribution in [0.15, 0.2) is 30.3 Å². The Kier molecular flexibility index (Phi) is 8.60. The van der Waals surface area contributed by atoms with E-state index < -0.39 is 23.3 Å².